The minimum Gasteiger partial charge on any atom is -0.326 e. The second-order valence-corrected chi connectivity index (χ2v) is 11.4. The molecule has 1 heterocycles. The Bertz CT molecular complexity index is 961. The van der Waals surface area contributed by atoms with Gasteiger partial charge in [0.05, 0.1) is 11.0 Å². The van der Waals surface area contributed by atoms with Crippen molar-refractivity contribution in [1.82, 2.24) is 9.55 Å². The minimum absolute atomic E-state index is 0.321. The third-order valence-electron chi connectivity index (χ3n) is 6.30. The number of aromatic nitrogens is 2. The highest BCUT2D eigenvalue weighted by molar-refractivity contribution is 8.00. The number of unbranched alkanes of at least 4 members (excludes halogenated alkanes) is 2. The lowest BCUT2D eigenvalue weighted by Crippen LogP contribution is -2.17. The standard InChI is InChI=1S/C28H41N3S/c1-6-8-13-22(3)23-16-17-26-25(21-23)30-27(29-24-14-11-10-12-15-24)31(26)19-20-32-28(4,5)18-9-7-2/h10-12,14-17,21-22H,6-9,13,18-20H2,1-5H3,(H,29,30). The molecule has 3 rings (SSSR count). The maximum Gasteiger partial charge on any atom is 0.208 e. The van der Waals surface area contributed by atoms with Gasteiger partial charge in [0.25, 0.3) is 0 Å². The van der Waals surface area contributed by atoms with Crippen molar-refractivity contribution >= 4 is 34.4 Å². The van der Waals surface area contributed by atoms with Gasteiger partial charge in [-0.05, 0) is 48.6 Å². The molecule has 1 atom stereocenters. The van der Waals surface area contributed by atoms with E-state index >= 15 is 0 Å². The van der Waals surface area contributed by atoms with Crippen LogP contribution in [0.15, 0.2) is 48.5 Å². The zero-order chi connectivity index (χ0) is 23.0. The summed E-state index contributed by atoms with van der Waals surface area (Å²) in [5, 5.41) is 3.57. The van der Waals surface area contributed by atoms with Gasteiger partial charge in [0.15, 0.2) is 0 Å². The molecule has 1 aromatic heterocycles. The Balaban J connectivity index is 1.84. The van der Waals surface area contributed by atoms with Crippen molar-refractivity contribution in [3.8, 4) is 0 Å². The molecule has 174 valence electrons. The van der Waals surface area contributed by atoms with Crippen LogP contribution >= 0.6 is 11.8 Å². The molecule has 0 bridgehead atoms. The number of aryl methyl sites for hydroxylation is 1. The normalized spacial score (nSPS) is 12.9. The number of hydrogen-bond acceptors (Lipinski definition) is 3. The first kappa shape index (κ1) is 24.7. The van der Waals surface area contributed by atoms with Gasteiger partial charge in [-0.3, -0.25) is 0 Å². The number of imidazole rings is 1. The lowest BCUT2D eigenvalue weighted by Gasteiger charge is -2.24. The van der Waals surface area contributed by atoms with E-state index in [0.717, 1.165) is 29.5 Å². The second-order valence-electron chi connectivity index (χ2n) is 9.58. The van der Waals surface area contributed by atoms with Crippen LogP contribution < -0.4 is 5.32 Å². The first-order valence-electron chi connectivity index (χ1n) is 12.4. The summed E-state index contributed by atoms with van der Waals surface area (Å²) in [6.45, 7) is 12.6. The SMILES string of the molecule is CCCCC(C)c1ccc2c(c1)nc(Nc1ccccc1)n2CCSC(C)(C)CCCC. The molecule has 1 N–H and O–H groups in total. The minimum atomic E-state index is 0.321. The van der Waals surface area contributed by atoms with Gasteiger partial charge in [0, 0.05) is 22.7 Å². The highest BCUT2D eigenvalue weighted by atomic mass is 32.2. The van der Waals surface area contributed by atoms with Gasteiger partial charge in [-0.2, -0.15) is 11.8 Å². The Morgan fingerprint density at radius 1 is 1.03 bits per heavy atom. The van der Waals surface area contributed by atoms with Gasteiger partial charge in [-0.1, -0.05) is 84.6 Å². The number of thioether (sulfide) groups is 1. The molecule has 0 aliphatic carbocycles. The Morgan fingerprint density at radius 3 is 2.50 bits per heavy atom. The van der Waals surface area contributed by atoms with Crippen LogP contribution in [0.5, 0.6) is 0 Å². The summed E-state index contributed by atoms with van der Waals surface area (Å²) in [6.07, 6.45) is 7.60. The van der Waals surface area contributed by atoms with Gasteiger partial charge in [-0.15, -0.1) is 0 Å². The predicted octanol–water partition coefficient (Wildman–Crippen LogP) is 8.78. The molecule has 0 fully saturated rings. The highest BCUT2D eigenvalue weighted by Gasteiger charge is 2.19. The van der Waals surface area contributed by atoms with Crippen LogP contribution in [0.25, 0.3) is 11.0 Å². The molecule has 0 saturated carbocycles. The maximum atomic E-state index is 5.04. The largest absolute Gasteiger partial charge is 0.326 e. The van der Waals surface area contributed by atoms with Crippen molar-refractivity contribution in [2.24, 2.45) is 0 Å². The molecule has 0 saturated heterocycles. The molecule has 0 aliphatic heterocycles. The monoisotopic (exact) mass is 451 g/mol. The van der Waals surface area contributed by atoms with E-state index in [4.69, 9.17) is 4.98 Å². The van der Waals surface area contributed by atoms with Crippen molar-refractivity contribution in [2.75, 3.05) is 11.1 Å². The molecule has 3 aromatic rings. The molecular formula is C28H41N3S. The zero-order valence-electron chi connectivity index (χ0n) is 20.7. The molecule has 0 spiro atoms. The van der Waals surface area contributed by atoms with Crippen LogP contribution in [0.4, 0.5) is 11.6 Å². The Hall–Kier alpha value is -1.94. The van der Waals surface area contributed by atoms with Gasteiger partial charge < -0.3 is 9.88 Å². The predicted molar refractivity (Wildman–Crippen MR) is 143 cm³/mol. The number of rotatable bonds is 13. The van der Waals surface area contributed by atoms with Crippen LogP contribution in [0.2, 0.25) is 0 Å². The van der Waals surface area contributed by atoms with Crippen molar-refractivity contribution in [2.45, 2.75) is 90.4 Å². The van der Waals surface area contributed by atoms with E-state index in [0.29, 0.717) is 10.7 Å². The van der Waals surface area contributed by atoms with Gasteiger partial charge >= 0.3 is 0 Å². The number of anilines is 2. The van der Waals surface area contributed by atoms with Crippen molar-refractivity contribution in [1.29, 1.82) is 0 Å². The Labute approximate surface area is 199 Å². The molecule has 0 amide bonds. The first-order chi connectivity index (χ1) is 15.4. The van der Waals surface area contributed by atoms with E-state index in [-0.39, 0.29) is 0 Å². The molecule has 2 aromatic carbocycles. The van der Waals surface area contributed by atoms with Gasteiger partial charge in [-0.25, -0.2) is 4.98 Å². The Morgan fingerprint density at radius 2 is 1.78 bits per heavy atom. The second kappa shape index (κ2) is 11.8. The number of benzene rings is 2. The zero-order valence-corrected chi connectivity index (χ0v) is 21.5. The first-order valence-corrected chi connectivity index (χ1v) is 13.4. The molecule has 1 unspecified atom stereocenters. The maximum absolute atomic E-state index is 5.04. The van der Waals surface area contributed by atoms with Crippen LogP contribution in [0.3, 0.4) is 0 Å². The van der Waals surface area contributed by atoms with Crippen molar-refractivity contribution < 1.29 is 0 Å². The van der Waals surface area contributed by atoms with Crippen LogP contribution in [-0.2, 0) is 6.54 Å². The highest BCUT2D eigenvalue weighted by Crippen LogP contribution is 2.32. The number of fused-ring (bicyclic) bond motifs is 1. The van der Waals surface area contributed by atoms with Crippen LogP contribution in [0.1, 0.15) is 84.6 Å². The molecule has 32 heavy (non-hydrogen) atoms. The van der Waals surface area contributed by atoms with E-state index < -0.39 is 0 Å². The van der Waals surface area contributed by atoms with Gasteiger partial charge in [0.2, 0.25) is 5.95 Å². The fourth-order valence-corrected chi connectivity index (χ4v) is 5.31. The van der Waals surface area contributed by atoms with E-state index in [1.165, 1.54) is 49.6 Å². The van der Waals surface area contributed by atoms with E-state index in [9.17, 15) is 0 Å². The lowest BCUT2D eigenvalue weighted by atomic mass is 9.95. The summed E-state index contributed by atoms with van der Waals surface area (Å²) >= 11 is 2.08. The quantitative estimate of drug-likeness (QED) is 0.281. The fraction of sp³-hybridized carbons (Fsp3) is 0.536. The topological polar surface area (TPSA) is 29.9 Å². The van der Waals surface area contributed by atoms with Crippen LogP contribution in [-0.4, -0.2) is 20.1 Å². The van der Waals surface area contributed by atoms with E-state index in [2.05, 4.69) is 98.7 Å². The summed E-state index contributed by atoms with van der Waals surface area (Å²) in [4.78, 5) is 5.04. The third-order valence-corrected chi connectivity index (χ3v) is 7.67. The summed E-state index contributed by atoms with van der Waals surface area (Å²) in [5.41, 5.74) is 4.80. The van der Waals surface area contributed by atoms with Crippen LogP contribution in [0, 0.1) is 0 Å². The van der Waals surface area contributed by atoms with E-state index in [1.807, 2.05) is 6.07 Å². The third kappa shape index (κ3) is 6.78. The molecule has 0 aliphatic rings. The fourth-order valence-electron chi connectivity index (χ4n) is 4.19. The average Bonchev–Trinajstić information content (AvgIpc) is 3.12. The van der Waals surface area contributed by atoms with Crippen molar-refractivity contribution in [3.63, 3.8) is 0 Å². The molecule has 3 nitrogen and oxygen atoms in total. The lowest BCUT2D eigenvalue weighted by molar-refractivity contribution is 0.592. The number of hydrogen-bond donors (Lipinski definition) is 1. The summed E-state index contributed by atoms with van der Waals surface area (Å²) in [6, 6.07) is 17.3. The summed E-state index contributed by atoms with van der Waals surface area (Å²) in [7, 11) is 0. The molecular weight excluding hydrogens is 410 g/mol. The molecule has 0 radical (unpaired) electrons. The van der Waals surface area contributed by atoms with Gasteiger partial charge in [0.1, 0.15) is 0 Å². The summed E-state index contributed by atoms with van der Waals surface area (Å²) < 4.78 is 2.69. The van der Waals surface area contributed by atoms with Crippen molar-refractivity contribution in [3.05, 3.63) is 54.1 Å². The number of nitrogens with zero attached hydrogens (tertiary/aromatic N) is 2. The number of nitrogens with one attached hydrogen (secondary N) is 1. The molecule has 4 heteroatoms. The Kier molecular flexibility index (Phi) is 9.10. The summed E-state index contributed by atoms with van der Waals surface area (Å²) in [5.74, 6) is 2.60. The smallest absolute Gasteiger partial charge is 0.208 e. The number of para-hydroxylation sites is 1. The average molecular weight is 452 g/mol. The van der Waals surface area contributed by atoms with E-state index in [1.54, 1.807) is 0 Å².